The molecule has 0 spiro atoms. The van der Waals surface area contributed by atoms with E-state index in [0.717, 1.165) is 0 Å². The summed E-state index contributed by atoms with van der Waals surface area (Å²) in [5.41, 5.74) is -0.814. The summed E-state index contributed by atoms with van der Waals surface area (Å²) in [6.45, 7) is 3.72. The van der Waals surface area contributed by atoms with Crippen LogP contribution < -0.4 is 15.7 Å². The Morgan fingerprint density at radius 1 is 1.09 bits per heavy atom. The van der Waals surface area contributed by atoms with Gasteiger partial charge in [-0.15, -0.1) is 0 Å². The second kappa shape index (κ2) is 7.40. The Labute approximate surface area is 132 Å². The van der Waals surface area contributed by atoms with E-state index in [1.807, 2.05) is 0 Å². The van der Waals surface area contributed by atoms with E-state index >= 15 is 0 Å². The van der Waals surface area contributed by atoms with Crippen molar-refractivity contribution in [1.82, 2.24) is 4.98 Å². The second-order valence-electron chi connectivity index (χ2n) is 4.60. The zero-order valence-corrected chi connectivity index (χ0v) is 12.9. The van der Waals surface area contributed by atoms with Gasteiger partial charge in [-0.2, -0.15) is 0 Å². The van der Waals surface area contributed by atoms with E-state index in [0.29, 0.717) is 5.56 Å². The van der Waals surface area contributed by atoms with Gasteiger partial charge in [0.25, 0.3) is 11.0 Å². The highest BCUT2D eigenvalue weighted by molar-refractivity contribution is 5.96. The highest BCUT2D eigenvalue weighted by atomic mass is 16.5. The predicted octanol–water partition coefficient (Wildman–Crippen LogP) is 1.98. The van der Waals surface area contributed by atoms with Crippen LogP contribution in [0.2, 0.25) is 0 Å². The van der Waals surface area contributed by atoms with Crippen LogP contribution in [0.25, 0.3) is 11.3 Å². The van der Waals surface area contributed by atoms with Crippen LogP contribution in [-0.2, 0) is 4.74 Å². The maximum atomic E-state index is 12.3. The van der Waals surface area contributed by atoms with Crippen LogP contribution in [0, 0.1) is 0 Å². The Balaban J connectivity index is 2.81. The molecule has 0 aliphatic heterocycles. The van der Waals surface area contributed by atoms with Gasteiger partial charge in [0.15, 0.2) is 5.75 Å². The van der Waals surface area contributed by atoms with Gasteiger partial charge in [-0.1, -0.05) is 30.3 Å². The van der Waals surface area contributed by atoms with Crippen LogP contribution in [-0.4, -0.2) is 24.2 Å². The SMILES string of the molecule is CCOC(=O)c1cc(OCC)c(=O)c(=O)[nH]c1-c1ccccc1. The number of H-pyrrole nitrogens is 1. The Kier molecular flexibility index (Phi) is 5.30. The van der Waals surface area contributed by atoms with E-state index in [2.05, 4.69) is 4.98 Å². The van der Waals surface area contributed by atoms with Crippen molar-refractivity contribution in [3.8, 4) is 17.0 Å². The summed E-state index contributed by atoms with van der Waals surface area (Å²) in [6, 6.07) is 10.0. The Hall–Kier alpha value is -2.89. The normalized spacial score (nSPS) is 10.2. The molecule has 120 valence electrons. The average Bonchev–Trinajstić information content (AvgIpc) is 2.68. The fourth-order valence-corrected chi connectivity index (χ4v) is 2.08. The molecule has 6 heteroatoms. The quantitative estimate of drug-likeness (QED) is 0.673. The largest absolute Gasteiger partial charge is 0.490 e. The monoisotopic (exact) mass is 315 g/mol. The third-order valence-electron chi connectivity index (χ3n) is 3.07. The molecule has 0 atom stereocenters. The lowest BCUT2D eigenvalue weighted by Gasteiger charge is -2.06. The summed E-state index contributed by atoms with van der Waals surface area (Å²) in [4.78, 5) is 38.8. The van der Waals surface area contributed by atoms with Gasteiger partial charge in [0.2, 0.25) is 0 Å². The Morgan fingerprint density at radius 2 is 1.78 bits per heavy atom. The van der Waals surface area contributed by atoms with Crippen molar-refractivity contribution in [2.24, 2.45) is 0 Å². The molecule has 0 amide bonds. The molecule has 0 unspecified atom stereocenters. The number of rotatable bonds is 5. The lowest BCUT2D eigenvalue weighted by Crippen LogP contribution is -2.25. The minimum atomic E-state index is -0.858. The maximum Gasteiger partial charge on any atom is 0.340 e. The van der Waals surface area contributed by atoms with E-state index < -0.39 is 17.0 Å². The number of esters is 1. The van der Waals surface area contributed by atoms with E-state index in [9.17, 15) is 14.4 Å². The van der Waals surface area contributed by atoms with Gasteiger partial charge in [-0.3, -0.25) is 9.59 Å². The van der Waals surface area contributed by atoms with Gasteiger partial charge < -0.3 is 14.5 Å². The van der Waals surface area contributed by atoms with Crippen molar-refractivity contribution in [2.45, 2.75) is 13.8 Å². The first-order valence-electron chi connectivity index (χ1n) is 7.25. The zero-order chi connectivity index (χ0) is 16.8. The molecule has 0 radical (unpaired) electrons. The molecule has 0 aliphatic rings. The summed E-state index contributed by atoms with van der Waals surface area (Å²) < 4.78 is 10.2. The van der Waals surface area contributed by atoms with Crippen molar-refractivity contribution in [3.05, 3.63) is 62.5 Å². The number of ether oxygens (including phenoxy) is 2. The minimum Gasteiger partial charge on any atom is -0.490 e. The lowest BCUT2D eigenvalue weighted by atomic mass is 10.1. The van der Waals surface area contributed by atoms with Crippen LogP contribution in [0.5, 0.6) is 5.75 Å². The molecule has 0 bridgehead atoms. The number of benzene rings is 1. The highest BCUT2D eigenvalue weighted by Crippen LogP contribution is 2.22. The van der Waals surface area contributed by atoms with E-state index in [1.165, 1.54) is 6.07 Å². The standard InChI is InChI=1S/C17H17NO5/c1-3-22-13-10-12(17(21)23-4-2)14(18-16(20)15(13)19)11-8-6-5-7-9-11/h5-10H,3-4H2,1-2H3,(H,18,19,20). The first-order valence-corrected chi connectivity index (χ1v) is 7.25. The van der Waals surface area contributed by atoms with Crippen LogP contribution in [0.15, 0.2) is 46.0 Å². The van der Waals surface area contributed by atoms with Crippen molar-refractivity contribution in [1.29, 1.82) is 0 Å². The van der Waals surface area contributed by atoms with Gasteiger partial charge in [0, 0.05) is 6.07 Å². The molecule has 0 saturated carbocycles. The van der Waals surface area contributed by atoms with E-state index in [1.54, 1.807) is 44.2 Å². The molecule has 1 aromatic heterocycles. The molecule has 1 aromatic carbocycles. The first-order chi connectivity index (χ1) is 11.1. The lowest BCUT2D eigenvalue weighted by molar-refractivity contribution is 0.0526. The third kappa shape index (κ3) is 3.66. The van der Waals surface area contributed by atoms with Gasteiger partial charge in [-0.25, -0.2) is 4.79 Å². The smallest absolute Gasteiger partial charge is 0.340 e. The second-order valence-corrected chi connectivity index (χ2v) is 4.60. The van der Waals surface area contributed by atoms with Crippen LogP contribution in [0.4, 0.5) is 0 Å². The highest BCUT2D eigenvalue weighted by Gasteiger charge is 2.18. The fourth-order valence-electron chi connectivity index (χ4n) is 2.08. The van der Waals surface area contributed by atoms with Crippen molar-refractivity contribution in [2.75, 3.05) is 13.2 Å². The molecular formula is C17H17NO5. The fraction of sp³-hybridized carbons (Fsp3) is 0.235. The number of aromatic nitrogens is 1. The zero-order valence-electron chi connectivity index (χ0n) is 12.9. The van der Waals surface area contributed by atoms with Crippen LogP contribution in [0.3, 0.4) is 0 Å². The molecule has 0 saturated heterocycles. The number of hydrogen-bond acceptors (Lipinski definition) is 5. The van der Waals surface area contributed by atoms with Gasteiger partial charge in [0.05, 0.1) is 24.5 Å². The molecular weight excluding hydrogens is 298 g/mol. The van der Waals surface area contributed by atoms with Gasteiger partial charge >= 0.3 is 5.97 Å². The van der Waals surface area contributed by atoms with E-state index in [-0.39, 0.29) is 30.2 Å². The minimum absolute atomic E-state index is 0.0701. The summed E-state index contributed by atoms with van der Waals surface area (Å²) in [7, 11) is 0. The topological polar surface area (TPSA) is 85.5 Å². The molecule has 2 aromatic rings. The summed E-state index contributed by atoms with van der Waals surface area (Å²) in [6.07, 6.45) is 0. The number of aromatic amines is 1. The third-order valence-corrected chi connectivity index (χ3v) is 3.07. The predicted molar refractivity (Wildman–Crippen MR) is 85.9 cm³/mol. The van der Waals surface area contributed by atoms with E-state index in [4.69, 9.17) is 9.47 Å². The molecule has 6 nitrogen and oxygen atoms in total. The maximum absolute atomic E-state index is 12.3. The average molecular weight is 315 g/mol. The number of nitrogens with one attached hydrogen (secondary N) is 1. The molecule has 23 heavy (non-hydrogen) atoms. The molecule has 1 heterocycles. The Morgan fingerprint density at radius 3 is 2.39 bits per heavy atom. The molecule has 0 fully saturated rings. The van der Waals surface area contributed by atoms with Crippen molar-refractivity contribution in [3.63, 3.8) is 0 Å². The number of carbonyl (C=O) groups is 1. The van der Waals surface area contributed by atoms with Crippen LogP contribution >= 0.6 is 0 Å². The Bertz CT molecular complexity index is 811. The van der Waals surface area contributed by atoms with Gasteiger partial charge in [0.1, 0.15) is 0 Å². The summed E-state index contributed by atoms with van der Waals surface area (Å²) in [5.74, 6) is -0.822. The summed E-state index contributed by atoms with van der Waals surface area (Å²) in [5, 5.41) is 0. The number of carbonyl (C=O) groups excluding carboxylic acids is 1. The number of hydrogen-bond donors (Lipinski definition) is 1. The van der Waals surface area contributed by atoms with Crippen LogP contribution in [0.1, 0.15) is 24.2 Å². The van der Waals surface area contributed by atoms with Gasteiger partial charge in [-0.05, 0) is 19.4 Å². The molecule has 0 aliphatic carbocycles. The van der Waals surface area contributed by atoms with Crippen molar-refractivity contribution >= 4 is 5.97 Å². The van der Waals surface area contributed by atoms with Crippen molar-refractivity contribution < 1.29 is 14.3 Å². The molecule has 1 N–H and O–H groups in total. The molecule has 2 rings (SSSR count). The first kappa shape index (κ1) is 16.5. The summed E-state index contributed by atoms with van der Waals surface area (Å²) >= 11 is 0.